The standard InChI is InChI=1S/C29H37N3O4S/c1-29(2,3)36-27(33)30-32(20-16-14-19(15-17-20)26(37)31(4)5)28(34)35-18-25-23-12-8-6-10-21(23)22-11-7-9-13-24(22)25/h6-13,19-20,25H,14-18H2,1-5H3,(H,30,33). The molecule has 0 aromatic heterocycles. The van der Waals surface area contributed by atoms with Gasteiger partial charge in [0.15, 0.2) is 0 Å². The maximum Gasteiger partial charge on any atom is 0.429 e. The Bertz CT molecular complexity index is 1110. The average molecular weight is 524 g/mol. The molecular formula is C29H37N3O4S. The molecule has 0 saturated heterocycles. The van der Waals surface area contributed by atoms with Crippen LogP contribution in [0.25, 0.3) is 11.1 Å². The summed E-state index contributed by atoms with van der Waals surface area (Å²) in [6.07, 6.45) is 1.84. The Morgan fingerprint density at radius 1 is 0.946 bits per heavy atom. The van der Waals surface area contributed by atoms with Crippen LogP contribution >= 0.6 is 12.2 Å². The molecule has 2 aromatic carbocycles. The minimum absolute atomic E-state index is 0.0621. The highest BCUT2D eigenvalue weighted by Gasteiger charge is 2.35. The van der Waals surface area contributed by atoms with Crippen LogP contribution in [0.5, 0.6) is 0 Å². The molecule has 0 radical (unpaired) electrons. The molecule has 2 amide bonds. The first-order valence-corrected chi connectivity index (χ1v) is 13.3. The lowest BCUT2D eigenvalue weighted by Gasteiger charge is -2.37. The topological polar surface area (TPSA) is 71.1 Å². The molecule has 37 heavy (non-hydrogen) atoms. The molecule has 0 heterocycles. The van der Waals surface area contributed by atoms with Gasteiger partial charge in [0.25, 0.3) is 0 Å². The van der Waals surface area contributed by atoms with Crippen molar-refractivity contribution in [1.29, 1.82) is 0 Å². The number of fused-ring (bicyclic) bond motifs is 3. The van der Waals surface area contributed by atoms with Crippen molar-refractivity contribution in [3.63, 3.8) is 0 Å². The second kappa shape index (κ2) is 11.1. The van der Waals surface area contributed by atoms with Crippen LogP contribution in [0.4, 0.5) is 9.59 Å². The third-order valence-electron chi connectivity index (χ3n) is 7.00. The van der Waals surface area contributed by atoms with E-state index in [1.165, 1.54) is 5.01 Å². The quantitative estimate of drug-likeness (QED) is 0.384. The average Bonchev–Trinajstić information content (AvgIpc) is 3.18. The summed E-state index contributed by atoms with van der Waals surface area (Å²) in [5.74, 6) is 0.222. The third-order valence-corrected chi connectivity index (χ3v) is 7.69. The number of carbonyl (C=O) groups is 2. The summed E-state index contributed by atoms with van der Waals surface area (Å²) in [6.45, 7) is 5.55. The smallest absolute Gasteiger partial charge is 0.429 e. The van der Waals surface area contributed by atoms with Crippen LogP contribution in [-0.2, 0) is 9.47 Å². The number of rotatable bonds is 4. The van der Waals surface area contributed by atoms with Gasteiger partial charge >= 0.3 is 12.2 Å². The second-order valence-corrected chi connectivity index (χ2v) is 11.4. The van der Waals surface area contributed by atoms with Crippen LogP contribution in [0.15, 0.2) is 48.5 Å². The molecule has 0 unspecified atom stereocenters. The lowest BCUT2D eigenvalue weighted by atomic mass is 9.85. The molecule has 7 nitrogen and oxygen atoms in total. The first-order valence-electron chi connectivity index (χ1n) is 12.9. The summed E-state index contributed by atoms with van der Waals surface area (Å²) in [6, 6.07) is 16.2. The number of nitrogens with one attached hydrogen (secondary N) is 1. The van der Waals surface area contributed by atoms with Crippen molar-refractivity contribution >= 4 is 29.4 Å². The first-order chi connectivity index (χ1) is 17.5. The zero-order valence-corrected chi connectivity index (χ0v) is 23.1. The molecule has 1 N–H and O–H groups in total. The van der Waals surface area contributed by atoms with E-state index in [9.17, 15) is 9.59 Å². The van der Waals surface area contributed by atoms with Crippen molar-refractivity contribution in [2.75, 3.05) is 20.7 Å². The summed E-state index contributed by atoms with van der Waals surface area (Å²) in [7, 11) is 3.92. The van der Waals surface area contributed by atoms with E-state index in [0.717, 1.165) is 40.1 Å². The third kappa shape index (κ3) is 6.24. The predicted molar refractivity (Wildman–Crippen MR) is 148 cm³/mol. The number of hydrogen-bond acceptors (Lipinski definition) is 5. The van der Waals surface area contributed by atoms with Gasteiger partial charge in [-0.05, 0) is 68.7 Å². The normalized spacial score (nSPS) is 18.8. The van der Waals surface area contributed by atoms with Crippen LogP contribution in [-0.4, -0.2) is 59.4 Å². The largest absolute Gasteiger partial charge is 0.447 e. The highest BCUT2D eigenvalue weighted by molar-refractivity contribution is 7.80. The van der Waals surface area contributed by atoms with Crippen molar-refractivity contribution in [3.8, 4) is 11.1 Å². The SMILES string of the molecule is CN(C)C(=S)C1CCC(N(NC(=O)OC(C)(C)C)C(=O)OCC2c3ccccc3-c3ccccc32)CC1. The minimum atomic E-state index is -0.688. The predicted octanol–water partition coefficient (Wildman–Crippen LogP) is 6.13. The minimum Gasteiger partial charge on any atom is -0.447 e. The zero-order chi connectivity index (χ0) is 26.7. The first kappa shape index (κ1) is 26.9. The van der Waals surface area contributed by atoms with Crippen molar-refractivity contribution in [3.05, 3.63) is 59.7 Å². The fourth-order valence-corrected chi connectivity index (χ4v) is 5.53. The number of amides is 2. The zero-order valence-electron chi connectivity index (χ0n) is 22.3. The van der Waals surface area contributed by atoms with E-state index in [4.69, 9.17) is 21.7 Å². The van der Waals surface area contributed by atoms with Gasteiger partial charge in [-0.15, -0.1) is 0 Å². The number of nitrogens with zero attached hydrogens (tertiary/aromatic N) is 2. The number of benzene rings is 2. The molecular weight excluding hydrogens is 486 g/mol. The fourth-order valence-electron chi connectivity index (χ4n) is 5.29. The Hall–Kier alpha value is -3.13. The maximum atomic E-state index is 13.4. The van der Waals surface area contributed by atoms with Crippen LogP contribution < -0.4 is 5.43 Å². The van der Waals surface area contributed by atoms with E-state index >= 15 is 0 Å². The molecule has 8 heteroatoms. The Morgan fingerprint density at radius 2 is 1.49 bits per heavy atom. The van der Waals surface area contributed by atoms with E-state index < -0.39 is 17.8 Å². The van der Waals surface area contributed by atoms with Crippen LogP contribution in [0.2, 0.25) is 0 Å². The Kier molecular flexibility index (Phi) is 8.07. The summed E-state index contributed by atoms with van der Waals surface area (Å²) >= 11 is 5.58. The van der Waals surface area contributed by atoms with E-state index in [-0.39, 0.29) is 24.5 Å². The highest BCUT2D eigenvalue weighted by Crippen LogP contribution is 2.44. The summed E-state index contributed by atoms with van der Waals surface area (Å²) in [4.78, 5) is 29.0. The van der Waals surface area contributed by atoms with Crippen molar-refractivity contribution in [2.45, 2.75) is 64.0 Å². The van der Waals surface area contributed by atoms with Crippen LogP contribution in [0.1, 0.15) is 63.5 Å². The van der Waals surface area contributed by atoms with Gasteiger partial charge in [0, 0.05) is 25.9 Å². The summed E-state index contributed by atoms with van der Waals surface area (Å²) in [5.41, 5.74) is 6.60. The summed E-state index contributed by atoms with van der Waals surface area (Å²) in [5, 5.41) is 1.33. The molecule has 1 fully saturated rings. The van der Waals surface area contributed by atoms with Gasteiger partial charge in [0.1, 0.15) is 12.2 Å². The second-order valence-electron chi connectivity index (χ2n) is 11.0. The molecule has 1 saturated carbocycles. The van der Waals surface area contributed by atoms with E-state index in [1.807, 2.05) is 43.3 Å². The Balaban J connectivity index is 1.48. The number of carbonyl (C=O) groups excluding carboxylic acids is 2. The van der Waals surface area contributed by atoms with Gasteiger partial charge in [-0.3, -0.25) is 0 Å². The lowest BCUT2D eigenvalue weighted by Crippen LogP contribution is -2.54. The van der Waals surface area contributed by atoms with Gasteiger partial charge < -0.3 is 14.4 Å². The molecule has 198 valence electrons. The molecule has 2 aliphatic rings. The van der Waals surface area contributed by atoms with Crippen LogP contribution in [0, 0.1) is 5.92 Å². The van der Waals surface area contributed by atoms with E-state index in [0.29, 0.717) is 12.8 Å². The molecule has 4 rings (SSSR count). The number of hydrogen-bond donors (Lipinski definition) is 1. The van der Waals surface area contributed by atoms with Crippen molar-refractivity contribution in [1.82, 2.24) is 15.3 Å². The van der Waals surface area contributed by atoms with E-state index in [2.05, 4.69) is 29.7 Å². The maximum absolute atomic E-state index is 13.4. The highest BCUT2D eigenvalue weighted by atomic mass is 32.1. The molecule has 0 atom stereocenters. The Morgan fingerprint density at radius 3 is 2.00 bits per heavy atom. The van der Waals surface area contributed by atoms with Gasteiger partial charge in [0.05, 0.1) is 11.0 Å². The molecule has 2 aromatic rings. The molecule has 0 bridgehead atoms. The number of ether oxygens (including phenoxy) is 2. The van der Waals surface area contributed by atoms with Gasteiger partial charge in [-0.1, -0.05) is 60.7 Å². The molecule has 0 aliphatic heterocycles. The summed E-state index contributed by atoms with van der Waals surface area (Å²) < 4.78 is 11.3. The monoisotopic (exact) mass is 523 g/mol. The van der Waals surface area contributed by atoms with Gasteiger partial charge in [-0.2, -0.15) is 0 Å². The van der Waals surface area contributed by atoms with Crippen LogP contribution in [0.3, 0.4) is 0 Å². The van der Waals surface area contributed by atoms with Crippen molar-refractivity contribution < 1.29 is 19.1 Å². The number of hydrazine groups is 1. The van der Waals surface area contributed by atoms with Gasteiger partial charge in [-0.25, -0.2) is 20.0 Å². The van der Waals surface area contributed by atoms with Gasteiger partial charge in [0.2, 0.25) is 0 Å². The number of thiocarbonyl (C=S) groups is 1. The van der Waals surface area contributed by atoms with Crippen molar-refractivity contribution in [2.24, 2.45) is 5.92 Å². The fraction of sp³-hybridized carbons (Fsp3) is 0.483. The Labute approximate surface area is 225 Å². The molecule has 2 aliphatic carbocycles. The molecule has 0 spiro atoms. The lowest BCUT2D eigenvalue weighted by molar-refractivity contribution is 0.0126. The van der Waals surface area contributed by atoms with E-state index in [1.54, 1.807) is 20.8 Å².